The lowest BCUT2D eigenvalue weighted by molar-refractivity contribution is -0.141. The van der Waals surface area contributed by atoms with Crippen molar-refractivity contribution in [1.82, 2.24) is 9.80 Å². The number of amides is 1. The first-order chi connectivity index (χ1) is 11.4. The van der Waals surface area contributed by atoms with E-state index in [2.05, 4.69) is 0 Å². The van der Waals surface area contributed by atoms with Crippen LogP contribution in [0.2, 0.25) is 0 Å². The molecular formula is C17H24N2O4S. The second-order valence-electron chi connectivity index (χ2n) is 6.02. The molecule has 1 atom stereocenters. The highest BCUT2D eigenvalue weighted by Gasteiger charge is 2.25. The number of morpholine rings is 1. The van der Waals surface area contributed by atoms with E-state index in [4.69, 9.17) is 9.84 Å². The van der Waals surface area contributed by atoms with Crippen LogP contribution in [0.3, 0.4) is 0 Å². The molecule has 2 rings (SSSR count). The molecule has 132 valence electrons. The number of rotatable bonds is 7. The van der Waals surface area contributed by atoms with E-state index < -0.39 is 5.97 Å². The maximum absolute atomic E-state index is 12.4. The van der Waals surface area contributed by atoms with Crippen LogP contribution in [0.4, 0.5) is 0 Å². The number of carboxylic acids is 1. The lowest BCUT2D eigenvalue weighted by Crippen LogP contribution is -2.50. The van der Waals surface area contributed by atoms with Gasteiger partial charge in [-0.1, -0.05) is 17.7 Å². The summed E-state index contributed by atoms with van der Waals surface area (Å²) in [5, 5.41) is 8.80. The first kappa shape index (κ1) is 18.8. The fourth-order valence-corrected chi connectivity index (χ4v) is 3.37. The van der Waals surface area contributed by atoms with Crippen molar-refractivity contribution in [3.05, 3.63) is 29.8 Å². The third-order valence-electron chi connectivity index (χ3n) is 3.80. The molecule has 1 N–H and O–H groups in total. The predicted octanol–water partition coefficient (Wildman–Crippen LogP) is 1.33. The zero-order valence-corrected chi connectivity index (χ0v) is 14.9. The van der Waals surface area contributed by atoms with E-state index in [1.807, 2.05) is 36.1 Å². The van der Waals surface area contributed by atoms with E-state index in [0.29, 0.717) is 32.0 Å². The van der Waals surface area contributed by atoms with Gasteiger partial charge in [-0.15, -0.1) is 11.8 Å². The molecule has 1 heterocycles. The van der Waals surface area contributed by atoms with Crippen LogP contribution in [0.15, 0.2) is 29.2 Å². The third kappa shape index (κ3) is 6.14. The molecule has 7 heteroatoms. The summed E-state index contributed by atoms with van der Waals surface area (Å²) in [4.78, 5) is 27.7. The Balaban J connectivity index is 1.79. The maximum atomic E-state index is 12.4. The van der Waals surface area contributed by atoms with Crippen molar-refractivity contribution >= 4 is 23.6 Å². The zero-order valence-electron chi connectivity index (χ0n) is 14.1. The molecule has 1 unspecified atom stereocenters. The number of ether oxygens (including phenoxy) is 1. The van der Waals surface area contributed by atoms with Gasteiger partial charge in [0, 0.05) is 24.5 Å². The minimum atomic E-state index is -0.865. The number of aryl methyl sites for hydroxylation is 1. The Hall–Kier alpha value is -1.57. The lowest BCUT2D eigenvalue weighted by atomic mass is 10.2. The molecule has 1 aromatic rings. The van der Waals surface area contributed by atoms with Gasteiger partial charge in [-0.05, 0) is 26.1 Å². The molecule has 1 aromatic carbocycles. The molecule has 0 spiro atoms. The second-order valence-corrected chi connectivity index (χ2v) is 7.07. The number of hydrogen-bond donors (Lipinski definition) is 1. The Kier molecular flexibility index (Phi) is 7.08. The number of thioether (sulfide) groups is 1. The minimum Gasteiger partial charge on any atom is -0.480 e. The van der Waals surface area contributed by atoms with Gasteiger partial charge in [-0.2, -0.15) is 0 Å². The van der Waals surface area contributed by atoms with Crippen LogP contribution in [0, 0.1) is 6.92 Å². The maximum Gasteiger partial charge on any atom is 0.317 e. The first-order valence-corrected chi connectivity index (χ1v) is 8.92. The largest absolute Gasteiger partial charge is 0.480 e. The summed E-state index contributed by atoms with van der Waals surface area (Å²) in [5.41, 5.74) is 1.20. The van der Waals surface area contributed by atoms with Gasteiger partial charge in [-0.3, -0.25) is 14.5 Å². The van der Waals surface area contributed by atoms with Gasteiger partial charge in [0.25, 0.3) is 0 Å². The van der Waals surface area contributed by atoms with Gasteiger partial charge in [0.15, 0.2) is 0 Å². The van der Waals surface area contributed by atoms with Crippen LogP contribution in [-0.2, 0) is 14.3 Å². The van der Waals surface area contributed by atoms with E-state index in [9.17, 15) is 9.59 Å². The monoisotopic (exact) mass is 352 g/mol. The molecule has 0 saturated carbocycles. The second kappa shape index (κ2) is 9.05. The third-order valence-corrected chi connectivity index (χ3v) is 4.79. The van der Waals surface area contributed by atoms with Gasteiger partial charge < -0.3 is 14.7 Å². The molecule has 0 aromatic heterocycles. The number of carbonyl (C=O) groups excluding carboxylic acids is 1. The van der Waals surface area contributed by atoms with Crippen molar-refractivity contribution in [1.29, 1.82) is 0 Å². The molecule has 6 nitrogen and oxygen atoms in total. The highest BCUT2D eigenvalue weighted by atomic mass is 32.2. The summed E-state index contributed by atoms with van der Waals surface area (Å²) in [7, 11) is 1.74. The fraction of sp³-hybridized carbons (Fsp3) is 0.529. The van der Waals surface area contributed by atoms with Gasteiger partial charge in [0.2, 0.25) is 5.91 Å². The van der Waals surface area contributed by atoms with Crippen LogP contribution in [0.25, 0.3) is 0 Å². The van der Waals surface area contributed by atoms with Gasteiger partial charge >= 0.3 is 5.97 Å². The van der Waals surface area contributed by atoms with Crippen LogP contribution in [-0.4, -0.2) is 78.5 Å². The Morgan fingerprint density at radius 3 is 2.75 bits per heavy atom. The Morgan fingerprint density at radius 2 is 2.08 bits per heavy atom. The molecule has 24 heavy (non-hydrogen) atoms. The Labute approximate surface area is 146 Å². The molecule has 0 aliphatic carbocycles. The summed E-state index contributed by atoms with van der Waals surface area (Å²) < 4.78 is 5.65. The molecule has 0 radical (unpaired) electrons. The van der Waals surface area contributed by atoms with E-state index in [-0.39, 0.29) is 18.6 Å². The number of nitrogens with zero attached hydrogens (tertiary/aromatic N) is 2. The van der Waals surface area contributed by atoms with Crippen molar-refractivity contribution in [3.8, 4) is 0 Å². The van der Waals surface area contributed by atoms with Crippen molar-refractivity contribution < 1.29 is 19.4 Å². The molecule has 1 amide bonds. The van der Waals surface area contributed by atoms with Crippen molar-refractivity contribution in [2.45, 2.75) is 17.9 Å². The molecule has 1 aliphatic heterocycles. The minimum absolute atomic E-state index is 0.0307. The average molecular weight is 352 g/mol. The lowest BCUT2D eigenvalue weighted by Gasteiger charge is -2.34. The smallest absolute Gasteiger partial charge is 0.317 e. The number of carbonyl (C=O) groups is 2. The number of aliphatic carboxylic acids is 1. The summed E-state index contributed by atoms with van der Waals surface area (Å²) in [5.74, 6) is -0.369. The molecule has 0 bridgehead atoms. The van der Waals surface area contributed by atoms with E-state index in [1.165, 1.54) is 17.3 Å². The Bertz CT molecular complexity index is 564. The van der Waals surface area contributed by atoms with Crippen molar-refractivity contribution in [2.24, 2.45) is 0 Å². The highest BCUT2D eigenvalue weighted by molar-refractivity contribution is 8.00. The average Bonchev–Trinajstić information content (AvgIpc) is 2.53. The normalized spacial score (nSPS) is 18.0. The van der Waals surface area contributed by atoms with Crippen LogP contribution >= 0.6 is 11.8 Å². The van der Waals surface area contributed by atoms with Crippen LogP contribution in [0.5, 0.6) is 0 Å². The summed E-state index contributed by atoms with van der Waals surface area (Å²) in [6.45, 7) is 4.10. The standard InChI is InChI=1S/C17H24N2O4S/c1-13-3-5-15(6-4-13)24-12-16(20)19-7-8-23-14(10-19)9-18(2)11-17(21)22/h3-6,14H,7-12H2,1-2H3,(H,21,22). The molecule has 1 fully saturated rings. The van der Waals surface area contributed by atoms with E-state index in [0.717, 1.165) is 4.90 Å². The van der Waals surface area contributed by atoms with E-state index in [1.54, 1.807) is 11.9 Å². The van der Waals surface area contributed by atoms with Gasteiger partial charge in [0.05, 0.1) is 25.0 Å². The van der Waals surface area contributed by atoms with Gasteiger partial charge in [0.1, 0.15) is 0 Å². The van der Waals surface area contributed by atoms with Crippen LogP contribution in [0.1, 0.15) is 5.56 Å². The summed E-state index contributed by atoms with van der Waals surface area (Å²) >= 11 is 1.53. The number of likely N-dealkylation sites (N-methyl/N-ethyl adjacent to an activating group) is 1. The van der Waals surface area contributed by atoms with E-state index >= 15 is 0 Å². The molecule has 1 saturated heterocycles. The summed E-state index contributed by atoms with van der Waals surface area (Å²) in [6.07, 6.45) is -0.142. The van der Waals surface area contributed by atoms with Crippen molar-refractivity contribution in [3.63, 3.8) is 0 Å². The number of benzene rings is 1. The fourth-order valence-electron chi connectivity index (χ4n) is 2.57. The SMILES string of the molecule is Cc1ccc(SCC(=O)N2CCOC(CN(C)CC(=O)O)C2)cc1. The first-order valence-electron chi connectivity index (χ1n) is 7.93. The summed E-state index contributed by atoms with van der Waals surface area (Å²) in [6, 6.07) is 8.12. The Morgan fingerprint density at radius 1 is 1.38 bits per heavy atom. The quantitative estimate of drug-likeness (QED) is 0.747. The van der Waals surface area contributed by atoms with Gasteiger partial charge in [-0.25, -0.2) is 0 Å². The topological polar surface area (TPSA) is 70.1 Å². The zero-order chi connectivity index (χ0) is 17.5. The number of hydrogen-bond acceptors (Lipinski definition) is 5. The molecule has 1 aliphatic rings. The van der Waals surface area contributed by atoms with Crippen LogP contribution < -0.4 is 0 Å². The highest BCUT2D eigenvalue weighted by Crippen LogP contribution is 2.19. The number of carboxylic acid groups (broad SMARTS) is 1. The van der Waals surface area contributed by atoms with Crippen molar-refractivity contribution in [2.75, 3.05) is 45.6 Å². The predicted molar refractivity (Wildman–Crippen MR) is 93.4 cm³/mol. The molecular weight excluding hydrogens is 328 g/mol.